The van der Waals surface area contributed by atoms with E-state index in [1.54, 1.807) is 12.1 Å². The van der Waals surface area contributed by atoms with E-state index in [1.807, 2.05) is 6.07 Å². The summed E-state index contributed by atoms with van der Waals surface area (Å²) in [7, 11) is 0. The summed E-state index contributed by atoms with van der Waals surface area (Å²) in [6, 6.07) is 5.64. The first-order chi connectivity index (χ1) is 8.04. The average Bonchev–Trinajstić information content (AvgIpc) is 2.27. The highest BCUT2D eigenvalue weighted by molar-refractivity contribution is 9.10. The second-order valence-electron chi connectivity index (χ2n) is 4.81. The largest absolute Gasteiger partial charge is 0.310 e. The van der Waals surface area contributed by atoms with Crippen LogP contribution in [0.15, 0.2) is 22.7 Å². The molecule has 1 aromatic rings. The van der Waals surface area contributed by atoms with Crippen LogP contribution in [0.5, 0.6) is 0 Å². The fraction of sp³-hybridized carbons (Fsp3) is 0.571. The van der Waals surface area contributed by atoms with Gasteiger partial charge in [0.1, 0.15) is 5.82 Å². The van der Waals surface area contributed by atoms with Gasteiger partial charge >= 0.3 is 0 Å². The third-order valence-corrected chi connectivity index (χ3v) is 3.34. The molecule has 1 nitrogen and oxygen atoms in total. The van der Waals surface area contributed by atoms with Gasteiger partial charge in [-0.25, -0.2) is 4.39 Å². The SMILES string of the molecule is CCCNC(CC(C)C)c1ccc(Br)c(F)c1. The Morgan fingerprint density at radius 3 is 2.59 bits per heavy atom. The predicted octanol–water partition coefficient (Wildman–Crippen LogP) is 4.68. The second kappa shape index (κ2) is 7.12. The molecule has 0 saturated heterocycles. The fourth-order valence-electron chi connectivity index (χ4n) is 1.86. The molecule has 3 heteroatoms. The molecule has 0 heterocycles. The molecule has 1 aromatic carbocycles. The van der Waals surface area contributed by atoms with Crippen molar-refractivity contribution < 1.29 is 4.39 Å². The Bertz CT molecular complexity index is 352. The third-order valence-electron chi connectivity index (χ3n) is 2.69. The summed E-state index contributed by atoms with van der Waals surface area (Å²) in [6.45, 7) is 7.49. The van der Waals surface area contributed by atoms with Gasteiger partial charge in [0.2, 0.25) is 0 Å². The Morgan fingerprint density at radius 1 is 1.35 bits per heavy atom. The summed E-state index contributed by atoms with van der Waals surface area (Å²) >= 11 is 3.19. The zero-order chi connectivity index (χ0) is 12.8. The van der Waals surface area contributed by atoms with E-state index in [4.69, 9.17) is 0 Å². The van der Waals surface area contributed by atoms with Crippen molar-refractivity contribution >= 4 is 15.9 Å². The molecular formula is C14H21BrFN. The van der Waals surface area contributed by atoms with Crippen molar-refractivity contribution in [1.29, 1.82) is 0 Å². The lowest BCUT2D eigenvalue weighted by molar-refractivity contribution is 0.428. The third kappa shape index (κ3) is 4.76. The molecular weight excluding hydrogens is 281 g/mol. The molecule has 0 aliphatic carbocycles. The topological polar surface area (TPSA) is 12.0 Å². The quantitative estimate of drug-likeness (QED) is 0.805. The molecule has 0 radical (unpaired) electrons. The Kier molecular flexibility index (Phi) is 6.14. The van der Waals surface area contributed by atoms with Crippen molar-refractivity contribution in [1.82, 2.24) is 5.32 Å². The monoisotopic (exact) mass is 301 g/mol. The van der Waals surface area contributed by atoms with E-state index in [1.165, 1.54) is 0 Å². The lowest BCUT2D eigenvalue weighted by Crippen LogP contribution is -2.23. The van der Waals surface area contributed by atoms with E-state index < -0.39 is 0 Å². The molecule has 0 fully saturated rings. The summed E-state index contributed by atoms with van der Waals surface area (Å²) in [5.74, 6) is 0.408. The molecule has 1 rings (SSSR count). The van der Waals surface area contributed by atoms with Crippen LogP contribution in [-0.2, 0) is 0 Å². The Labute approximate surface area is 112 Å². The van der Waals surface area contributed by atoms with Crippen molar-refractivity contribution in [2.75, 3.05) is 6.54 Å². The van der Waals surface area contributed by atoms with Gasteiger partial charge in [0.25, 0.3) is 0 Å². The smallest absolute Gasteiger partial charge is 0.137 e. The number of halogens is 2. The molecule has 0 amide bonds. The Balaban J connectivity index is 2.83. The van der Waals surface area contributed by atoms with E-state index in [2.05, 4.69) is 42.0 Å². The first-order valence-electron chi connectivity index (χ1n) is 6.23. The van der Waals surface area contributed by atoms with E-state index in [9.17, 15) is 4.39 Å². The van der Waals surface area contributed by atoms with Gasteiger partial charge in [-0.1, -0.05) is 26.8 Å². The van der Waals surface area contributed by atoms with Gasteiger partial charge in [0, 0.05) is 6.04 Å². The molecule has 17 heavy (non-hydrogen) atoms. The summed E-state index contributed by atoms with van der Waals surface area (Å²) in [4.78, 5) is 0. The average molecular weight is 302 g/mol. The van der Waals surface area contributed by atoms with Crippen molar-refractivity contribution in [3.8, 4) is 0 Å². The molecule has 0 bridgehead atoms. The molecule has 1 N–H and O–H groups in total. The minimum Gasteiger partial charge on any atom is -0.310 e. The van der Waals surface area contributed by atoms with Crippen LogP contribution in [0.25, 0.3) is 0 Å². The predicted molar refractivity (Wildman–Crippen MR) is 74.6 cm³/mol. The Morgan fingerprint density at radius 2 is 2.06 bits per heavy atom. The van der Waals surface area contributed by atoms with Crippen LogP contribution in [0.2, 0.25) is 0 Å². The van der Waals surface area contributed by atoms with E-state index >= 15 is 0 Å². The van der Waals surface area contributed by atoms with E-state index in [-0.39, 0.29) is 11.9 Å². The van der Waals surface area contributed by atoms with Crippen molar-refractivity contribution in [2.45, 2.75) is 39.7 Å². The van der Waals surface area contributed by atoms with Crippen LogP contribution in [0.4, 0.5) is 4.39 Å². The number of benzene rings is 1. The van der Waals surface area contributed by atoms with Gasteiger partial charge in [-0.05, 0) is 58.9 Å². The van der Waals surface area contributed by atoms with Crippen LogP contribution in [0, 0.1) is 11.7 Å². The number of rotatable bonds is 6. The maximum absolute atomic E-state index is 13.5. The van der Waals surface area contributed by atoms with E-state index in [0.29, 0.717) is 10.4 Å². The molecule has 0 saturated carbocycles. The second-order valence-corrected chi connectivity index (χ2v) is 5.66. The maximum atomic E-state index is 13.5. The normalized spacial score (nSPS) is 13.1. The van der Waals surface area contributed by atoms with Gasteiger partial charge in [0.15, 0.2) is 0 Å². The molecule has 0 aromatic heterocycles. The molecule has 0 spiro atoms. The Hall–Kier alpha value is -0.410. The zero-order valence-electron chi connectivity index (χ0n) is 10.8. The summed E-state index contributed by atoms with van der Waals surface area (Å²) in [5, 5.41) is 3.48. The van der Waals surface area contributed by atoms with Crippen molar-refractivity contribution in [2.24, 2.45) is 5.92 Å². The summed E-state index contributed by atoms with van der Waals surface area (Å²) < 4.78 is 14.1. The maximum Gasteiger partial charge on any atom is 0.137 e. The van der Waals surface area contributed by atoms with E-state index in [0.717, 1.165) is 24.9 Å². The van der Waals surface area contributed by atoms with Crippen molar-refractivity contribution in [3.05, 3.63) is 34.1 Å². The highest BCUT2D eigenvalue weighted by atomic mass is 79.9. The number of hydrogen-bond donors (Lipinski definition) is 1. The molecule has 96 valence electrons. The molecule has 1 atom stereocenters. The summed E-state index contributed by atoms with van der Waals surface area (Å²) in [5.41, 5.74) is 1.04. The minimum atomic E-state index is -0.186. The van der Waals surface area contributed by atoms with Crippen LogP contribution in [0.3, 0.4) is 0 Å². The number of nitrogens with one attached hydrogen (secondary N) is 1. The minimum absolute atomic E-state index is 0.186. The number of hydrogen-bond acceptors (Lipinski definition) is 1. The highest BCUT2D eigenvalue weighted by Crippen LogP contribution is 2.25. The molecule has 0 aliphatic rings. The van der Waals surface area contributed by atoms with Crippen LogP contribution in [0.1, 0.15) is 45.2 Å². The first kappa shape index (κ1) is 14.7. The fourth-order valence-corrected chi connectivity index (χ4v) is 2.10. The lowest BCUT2D eigenvalue weighted by Gasteiger charge is -2.21. The standard InChI is InChI=1S/C14H21BrFN/c1-4-7-17-14(8-10(2)3)11-5-6-12(15)13(16)9-11/h5-6,9-10,14,17H,4,7-8H2,1-3H3. The molecule has 0 aliphatic heterocycles. The zero-order valence-corrected chi connectivity index (χ0v) is 12.3. The van der Waals surface area contributed by atoms with Gasteiger partial charge in [-0.3, -0.25) is 0 Å². The van der Waals surface area contributed by atoms with Gasteiger partial charge in [-0.2, -0.15) is 0 Å². The molecule has 1 unspecified atom stereocenters. The van der Waals surface area contributed by atoms with Crippen LogP contribution >= 0.6 is 15.9 Å². The van der Waals surface area contributed by atoms with Gasteiger partial charge in [-0.15, -0.1) is 0 Å². The highest BCUT2D eigenvalue weighted by Gasteiger charge is 2.14. The van der Waals surface area contributed by atoms with Gasteiger partial charge < -0.3 is 5.32 Å². The summed E-state index contributed by atoms with van der Waals surface area (Å²) in [6.07, 6.45) is 2.12. The van der Waals surface area contributed by atoms with Crippen molar-refractivity contribution in [3.63, 3.8) is 0 Å². The first-order valence-corrected chi connectivity index (χ1v) is 7.02. The van der Waals surface area contributed by atoms with Gasteiger partial charge in [0.05, 0.1) is 4.47 Å². The lowest BCUT2D eigenvalue weighted by atomic mass is 9.97. The van der Waals surface area contributed by atoms with Crippen LogP contribution in [-0.4, -0.2) is 6.54 Å². The van der Waals surface area contributed by atoms with Crippen LogP contribution < -0.4 is 5.32 Å².